The number of cyclic esters (lactones) is 2. The maximum Gasteiger partial charge on any atom is 0.350 e. The van der Waals surface area contributed by atoms with Gasteiger partial charge in [-0.05, 0) is 24.6 Å². The molecule has 0 spiro atoms. The van der Waals surface area contributed by atoms with E-state index in [4.69, 9.17) is 14.2 Å². The van der Waals surface area contributed by atoms with Crippen molar-refractivity contribution in [1.82, 2.24) is 0 Å². The van der Waals surface area contributed by atoms with Gasteiger partial charge >= 0.3 is 17.9 Å². The van der Waals surface area contributed by atoms with Gasteiger partial charge in [0.25, 0.3) is 5.79 Å². The average Bonchev–Trinajstić information content (AvgIpc) is 2.47. The number of anilines is 1. The van der Waals surface area contributed by atoms with Crippen LogP contribution in [0.25, 0.3) is 0 Å². The molecule has 0 amide bonds. The van der Waals surface area contributed by atoms with Gasteiger partial charge in [-0.15, -0.1) is 0 Å². The number of rotatable bonds is 5. The summed E-state index contributed by atoms with van der Waals surface area (Å²) >= 11 is 0. The van der Waals surface area contributed by atoms with E-state index in [0.29, 0.717) is 12.3 Å². The predicted molar refractivity (Wildman–Crippen MR) is 84.7 cm³/mol. The van der Waals surface area contributed by atoms with Crippen LogP contribution in [-0.4, -0.2) is 30.3 Å². The van der Waals surface area contributed by atoms with Crippen LogP contribution in [-0.2, 0) is 35.0 Å². The molecule has 24 heavy (non-hydrogen) atoms. The van der Waals surface area contributed by atoms with Gasteiger partial charge in [-0.1, -0.05) is 12.1 Å². The molecule has 0 radical (unpaired) electrons. The number of ether oxygens (including phenoxy) is 3. The van der Waals surface area contributed by atoms with Crippen LogP contribution >= 0.6 is 0 Å². The fraction of sp³-hybridized carbons (Fsp3) is 0.353. The van der Waals surface area contributed by atoms with Crippen LogP contribution in [0, 0.1) is 0 Å². The third-order valence-corrected chi connectivity index (χ3v) is 3.11. The molecule has 7 nitrogen and oxygen atoms in total. The molecule has 7 heteroatoms. The van der Waals surface area contributed by atoms with Crippen molar-refractivity contribution in [3.8, 4) is 0 Å². The number of esters is 3. The summed E-state index contributed by atoms with van der Waals surface area (Å²) in [6.07, 6.45) is 1.42. The molecule has 1 aromatic carbocycles. The third-order valence-electron chi connectivity index (χ3n) is 3.11. The fourth-order valence-corrected chi connectivity index (χ4v) is 2.03. The summed E-state index contributed by atoms with van der Waals surface area (Å²) in [4.78, 5) is 35.0. The first-order valence-corrected chi connectivity index (χ1v) is 7.48. The van der Waals surface area contributed by atoms with Crippen molar-refractivity contribution >= 4 is 23.6 Å². The molecule has 1 N–H and O–H groups in total. The van der Waals surface area contributed by atoms with E-state index in [9.17, 15) is 14.4 Å². The quantitative estimate of drug-likeness (QED) is 0.500. The van der Waals surface area contributed by atoms with Gasteiger partial charge < -0.3 is 19.5 Å². The van der Waals surface area contributed by atoms with Gasteiger partial charge in [0.15, 0.2) is 5.57 Å². The van der Waals surface area contributed by atoms with Gasteiger partial charge in [-0.2, -0.15) is 0 Å². The molecule has 2 rings (SSSR count). The highest BCUT2D eigenvalue weighted by molar-refractivity contribution is 6.15. The Bertz CT molecular complexity index is 653. The molecule has 1 aliphatic heterocycles. The van der Waals surface area contributed by atoms with Crippen molar-refractivity contribution in [3.63, 3.8) is 0 Å². The predicted octanol–water partition coefficient (Wildman–Crippen LogP) is 1.92. The average molecular weight is 333 g/mol. The van der Waals surface area contributed by atoms with E-state index in [1.807, 2.05) is 0 Å². The number of hydrogen-bond acceptors (Lipinski definition) is 7. The molecular weight excluding hydrogens is 314 g/mol. The van der Waals surface area contributed by atoms with Crippen molar-refractivity contribution < 1.29 is 28.6 Å². The molecule has 1 aliphatic rings. The molecule has 128 valence electrons. The minimum atomic E-state index is -1.26. The van der Waals surface area contributed by atoms with Crippen LogP contribution in [0.2, 0.25) is 0 Å². The standard InChI is InChI=1S/C17H19NO6/c1-4-22-14(19)9-11-5-7-12(8-6-11)18-10-13-15(20)23-17(2,3)24-16(13)21/h5-8,10,18H,4,9H2,1-3H3. The van der Waals surface area contributed by atoms with Crippen LogP contribution in [0.5, 0.6) is 0 Å². The third kappa shape index (κ3) is 4.58. The second-order valence-corrected chi connectivity index (χ2v) is 5.56. The molecule has 0 bridgehead atoms. The summed E-state index contributed by atoms with van der Waals surface area (Å²) in [6, 6.07) is 6.93. The SMILES string of the molecule is CCOC(=O)Cc1ccc(NC=C2C(=O)OC(C)(C)OC2=O)cc1. The maximum atomic E-state index is 11.8. The normalized spacial score (nSPS) is 16.0. The lowest BCUT2D eigenvalue weighted by atomic mass is 10.1. The van der Waals surface area contributed by atoms with Crippen LogP contribution in [0.3, 0.4) is 0 Å². The zero-order chi connectivity index (χ0) is 17.7. The zero-order valence-electron chi connectivity index (χ0n) is 13.8. The Morgan fingerprint density at radius 2 is 1.75 bits per heavy atom. The maximum absolute atomic E-state index is 11.8. The summed E-state index contributed by atoms with van der Waals surface area (Å²) in [6.45, 7) is 5.06. The highest BCUT2D eigenvalue weighted by Gasteiger charge is 2.38. The van der Waals surface area contributed by atoms with E-state index in [0.717, 1.165) is 5.56 Å². The Morgan fingerprint density at radius 1 is 1.17 bits per heavy atom. The molecule has 1 saturated heterocycles. The fourth-order valence-electron chi connectivity index (χ4n) is 2.03. The van der Waals surface area contributed by atoms with E-state index in [1.165, 1.54) is 20.0 Å². The van der Waals surface area contributed by atoms with Gasteiger partial charge in [-0.25, -0.2) is 9.59 Å². The highest BCUT2D eigenvalue weighted by Crippen LogP contribution is 2.22. The lowest BCUT2D eigenvalue weighted by Crippen LogP contribution is -2.42. The first-order valence-electron chi connectivity index (χ1n) is 7.48. The first-order chi connectivity index (χ1) is 11.3. The molecule has 0 atom stereocenters. The van der Waals surface area contributed by atoms with Crippen molar-refractivity contribution in [2.45, 2.75) is 33.0 Å². The van der Waals surface area contributed by atoms with Crippen LogP contribution in [0.4, 0.5) is 5.69 Å². The molecule has 0 saturated carbocycles. The monoisotopic (exact) mass is 333 g/mol. The van der Waals surface area contributed by atoms with E-state index < -0.39 is 17.7 Å². The Kier molecular flexibility index (Phi) is 5.23. The summed E-state index contributed by atoms with van der Waals surface area (Å²) in [5.74, 6) is -3.05. The highest BCUT2D eigenvalue weighted by atomic mass is 16.7. The lowest BCUT2D eigenvalue weighted by Gasteiger charge is -2.29. The first kappa shape index (κ1) is 17.5. The number of nitrogens with one attached hydrogen (secondary N) is 1. The Hall–Kier alpha value is -2.83. The topological polar surface area (TPSA) is 90.9 Å². The summed E-state index contributed by atoms with van der Waals surface area (Å²) in [7, 11) is 0. The van der Waals surface area contributed by atoms with E-state index in [-0.39, 0.29) is 18.0 Å². The van der Waals surface area contributed by atoms with Crippen molar-refractivity contribution in [3.05, 3.63) is 41.6 Å². The molecule has 0 aromatic heterocycles. The van der Waals surface area contributed by atoms with Crippen molar-refractivity contribution in [2.75, 3.05) is 11.9 Å². The Morgan fingerprint density at radius 3 is 2.29 bits per heavy atom. The molecular formula is C17H19NO6. The number of benzene rings is 1. The van der Waals surface area contributed by atoms with Gasteiger partial charge in [0.1, 0.15) is 0 Å². The van der Waals surface area contributed by atoms with Gasteiger partial charge in [0, 0.05) is 25.7 Å². The van der Waals surface area contributed by atoms with Crippen molar-refractivity contribution in [2.24, 2.45) is 0 Å². The van der Waals surface area contributed by atoms with Crippen LogP contribution < -0.4 is 5.32 Å². The number of carbonyl (C=O) groups excluding carboxylic acids is 3. The van der Waals surface area contributed by atoms with E-state index in [1.54, 1.807) is 31.2 Å². The van der Waals surface area contributed by atoms with E-state index in [2.05, 4.69) is 5.32 Å². The number of hydrogen-bond donors (Lipinski definition) is 1. The van der Waals surface area contributed by atoms with E-state index >= 15 is 0 Å². The molecule has 1 aromatic rings. The zero-order valence-corrected chi connectivity index (χ0v) is 13.8. The summed E-state index contributed by atoms with van der Waals surface area (Å²) in [5, 5.41) is 2.83. The van der Waals surface area contributed by atoms with Gasteiger partial charge in [-0.3, -0.25) is 4.79 Å². The second kappa shape index (κ2) is 7.16. The molecule has 0 unspecified atom stereocenters. The lowest BCUT2D eigenvalue weighted by molar-refractivity contribution is -0.222. The van der Waals surface area contributed by atoms with Crippen molar-refractivity contribution in [1.29, 1.82) is 0 Å². The number of carbonyl (C=O) groups is 3. The molecule has 1 fully saturated rings. The van der Waals surface area contributed by atoms with Crippen LogP contribution in [0.15, 0.2) is 36.0 Å². The van der Waals surface area contributed by atoms with Crippen LogP contribution in [0.1, 0.15) is 26.3 Å². The summed E-state index contributed by atoms with van der Waals surface area (Å²) < 4.78 is 14.9. The second-order valence-electron chi connectivity index (χ2n) is 5.56. The minimum absolute atomic E-state index is 0.183. The van der Waals surface area contributed by atoms with Gasteiger partial charge in [0.05, 0.1) is 13.0 Å². The minimum Gasteiger partial charge on any atom is -0.466 e. The Balaban J connectivity index is 2.00. The Labute approximate surface area is 139 Å². The molecule has 0 aliphatic carbocycles. The largest absolute Gasteiger partial charge is 0.466 e. The van der Waals surface area contributed by atoms with Gasteiger partial charge in [0.2, 0.25) is 0 Å². The summed E-state index contributed by atoms with van der Waals surface area (Å²) in [5.41, 5.74) is 1.22. The smallest absolute Gasteiger partial charge is 0.350 e. The molecule has 1 heterocycles.